The maximum absolute atomic E-state index is 13.0. The molecule has 0 saturated carbocycles. The van der Waals surface area contributed by atoms with E-state index in [-0.39, 0.29) is 32.5 Å². The van der Waals surface area contributed by atoms with Crippen LogP contribution in [0.3, 0.4) is 0 Å². The normalized spacial score (nSPS) is 18.6. The van der Waals surface area contributed by atoms with Gasteiger partial charge in [-0.3, -0.25) is 4.79 Å². The first-order valence-electron chi connectivity index (χ1n) is 6.54. The molecule has 9 heteroatoms. The van der Waals surface area contributed by atoms with Crippen molar-refractivity contribution in [1.82, 2.24) is 4.90 Å². The molecule has 0 aromatic carbocycles. The van der Waals surface area contributed by atoms with E-state index >= 15 is 0 Å². The van der Waals surface area contributed by atoms with Gasteiger partial charge < -0.3 is 4.90 Å². The summed E-state index contributed by atoms with van der Waals surface area (Å²) in [5.74, 6) is -0.778. The first-order valence-corrected chi connectivity index (χ1v) is 9.01. The van der Waals surface area contributed by atoms with Crippen LogP contribution in [-0.4, -0.2) is 44.7 Å². The number of amides is 1. The third-order valence-electron chi connectivity index (χ3n) is 3.49. The molecule has 0 unspecified atom stereocenters. The molecule has 0 saturated heterocycles. The van der Waals surface area contributed by atoms with Gasteiger partial charge in [0.05, 0.1) is 16.2 Å². The van der Waals surface area contributed by atoms with Gasteiger partial charge in [-0.05, 0) is 18.6 Å². The zero-order valence-electron chi connectivity index (χ0n) is 12.4. The summed E-state index contributed by atoms with van der Waals surface area (Å²) >= 11 is 0.720. The number of hydrogen-bond acceptors (Lipinski definition) is 4. The molecule has 0 bridgehead atoms. The number of alkyl halides is 3. The summed E-state index contributed by atoms with van der Waals surface area (Å²) in [6.07, 6.45) is -3.73. The largest absolute Gasteiger partial charge is 0.416 e. The predicted octanol–water partition coefficient (Wildman–Crippen LogP) is 3.13. The van der Waals surface area contributed by atoms with Crippen molar-refractivity contribution >= 4 is 32.7 Å². The Kier molecular flexibility index (Phi) is 4.46. The molecule has 0 fully saturated rings. The van der Waals surface area contributed by atoms with Crippen molar-refractivity contribution in [3.8, 4) is 0 Å². The minimum atomic E-state index is -4.60. The molecular formula is C14H14F3NO3S2. The number of fused-ring (bicyclic) bond motifs is 1. The number of nitrogens with zero attached hydrogens (tertiary/aromatic N) is 1. The maximum Gasteiger partial charge on any atom is 0.416 e. The van der Waals surface area contributed by atoms with Crippen molar-refractivity contribution in [2.45, 2.75) is 18.0 Å². The van der Waals surface area contributed by atoms with Crippen LogP contribution in [0.4, 0.5) is 13.2 Å². The average Bonchev–Trinajstić information content (AvgIpc) is 2.86. The quantitative estimate of drug-likeness (QED) is 0.757. The van der Waals surface area contributed by atoms with Gasteiger partial charge >= 0.3 is 6.18 Å². The molecule has 1 amide bonds. The Balaban J connectivity index is 2.59. The monoisotopic (exact) mass is 365 g/mol. The second-order valence-corrected chi connectivity index (χ2v) is 8.16. The van der Waals surface area contributed by atoms with E-state index in [0.717, 1.165) is 23.5 Å². The van der Waals surface area contributed by atoms with Gasteiger partial charge in [-0.15, -0.1) is 11.3 Å². The molecular weight excluding hydrogens is 351 g/mol. The highest BCUT2D eigenvalue weighted by atomic mass is 32.2. The van der Waals surface area contributed by atoms with Gasteiger partial charge in [0.1, 0.15) is 4.88 Å². The summed E-state index contributed by atoms with van der Waals surface area (Å²) < 4.78 is 63.4. The Hall–Kier alpha value is -1.61. The molecule has 2 rings (SSSR count). The molecule has 0 spiro atoms. The van der Waals surface area contributed by atoms with E-state index in [9.17, 15) is 26.4 Å². The van der Waals surface area contributed by atoms with Crippen LogP contribution in [0.15, 0.2) is 29.2 Å². The lowest BCUT2D eigenvalue weighted by Crippen LogP contribution is -2.27. The first kappa shape index (κ1) is 17.7. The third-order valence-corrected chi connectivity index (χ3v) is 6.51. The van der Waals surface area contributed by atoms with Crippen molar-refractivity contribution in [3.63, 3.8) is 0 Å². The molecule has 1 aliphatic rings. The lowest BCUT2D eigenvalue weighted by Gasteiger charge is -2.13. The summed E-state index contributed by atoms with van der Waals surface area (Å²) in [5.41, 5.74) is -1.30. The fourth-order valence-electron chi connectivity index (χ4n) is 2.19. The topological polar surface area (TPSA) is 54.5 Å². The molecule has 2 heterocycles. The second-order valence-electron chi connectivity index (χ2n) is 5.03. The van der Waals surface area contributed by atoms with E-state index < -0.39 is 27.5 Å². The van der Waals surface area contributed by atoms with Gasteiger partial charge in [0.2, 0.25) is 0 Å². The number of allylic oxidation sites excluding steroid dienone is 3. The number of carbonyl (C=O) groups is 1. The Bertz CT molecular complexity index is 804. The molecule has 4 nitrogen and oxygen atoms in total. The van der Waals surface area contributed by atoms with Crippen LogP contribution in [0.2, 0.25) is 0 Å². The Morgan fingerprint density at radius 2 is 2.04 bits per heavy atom. The van der Waals surface area contributed by atoms with Gasteiger partial charge in [0, 0.05) is 18.5 Å². The highest BCUT2D eigenvalue weighted by Gasteiger charge is 2.37. The van der Waals surface area contributed by atoms with Crippen molar-refractivity contribution in [1.29, 1.82) is 0 Å². The lowest BCUT2D eigenvalue weighted by molar-refractivity contribution is -0.0871. The number of halogens is 3. The van der Waals surface area contributed by atoms with Crippen LogP contribution in [0.5, 0.6) is 0 Å². The maximum atomic E-state index is 13.0. The standard InChI is InChI=1S/C14H14F3NO3S2/c1-4-9(14(15,16)17)8(2)10-7-11-12(22-10)13(19)18(3)5-6-23(11,20)21/h4,7H,2,5-6H2,1,3H3/b9-4+. The fourth-order valence-corrected chi connectivity index (χ4v) is 5.20. The molecule has 1 aromatic rings. The summed E-state index contributed by atoms with van der Waals surface area (Å²) in [4.78, 5) is 13.2. The lowest BCUT2D eigenvalue weighted by atomic mass is 10.1. The van der Waals surface area contributed by atoms with Crippen molar-refractivity contribution in [2.75, 3.05) is 19.3 Å². The van der Waals surface area contributed by atoms with Crippen LogP contribution >= 0.6 is 11.3 Å². The molecule has 1 aliphatic heterocycles. The fraction of sp³-hybridized carbons (Fsp3) is 0.357. The molecule has 0 atom stereocenters. The first-order chi connectivity index (χ1) is 10.5. The van der Waals surface area contributed by atoms with Gasteiger partial charge in [-0.25, -0.2) is 8.42 Å². The second kappa shape index (κ2) is 5.79. The molecule has 0 N–H and O–H groups in total. The smallest absolute Gasteiger partial charge is 0.340 e. The molecule has 1 aromatic heterocycles. The van der Waals surface area contributed by atoms with E-state index in [1.807, 2.05) is 0 Å². The van der Waals surface area contributed by atoms with Crippen LogP contribution in [0.25, 0.3) is 5.57 Å². The van der Waals surface area contributed by atoms with Gasteiger partial charge in [-0.1, -0.05) is 12.7 Å². The number of rotatable bonds is 2. The number of sulfone groups is 1. The van der Waals surface area contributed by atoms with Gasteiger partial charge in [0.25, 0.3) is 5.91 Å². The Labute approximate surface area is 135 Å². The minimum Gasteiger partial charge on any atom is -0.340 e. The third kappa shape index (κ3) is 3.20. The van der Waals surface area contributed by atoms with E-state index in [1.54, 1.807) is 0 Å². The number of thiophene rings is 1. The zero-order chi connectivity index (χ0) is 17.6. The van der Waals surface area contributed by atoms with Gasteiger partial charge in [-0.2, -0.15) is 13.2 Å². The van der Waals surface area contributed by atoms with Gasteiger partial charge in [0.15, 0.2) is 9.84 Å². The van der Waals surface area contributed by atoms with E-state index in [1.165, 1.54) is 18.9 Å². The SMILES string of the molecule is C=C(/C(=C\C)C(F)(F)F)c1cc2c(s1)C(=O)N(C)CCS2(=O)=O. The van der Waals surface area contributed by atoms with Crippen LogP contribution in [0, 0.1) is 0 Å². The van der Waals surface area contributed by atoms with E-state index in [2.05, 4.69) is 6.58 Å². The summed E-state index contributed by atoms with van der Waals surface area (Å²) in [6, 6.07) is 1.12. The molecule has 23 heavy (non-hydrogen) atoms. The predicted molar refractivity (Wildman–Crippen MR) is 82.2 cm³/mol. The highest BCUT2D eigenvalue weighted by molar-refractivity contribution is 7.91. The number of hydrogen-bond donors (Lipinski definition) is 0. The summed E-state index contributed by atoms with van der Waals surface area (Å²) in [7, 11) is -2.27. The van der Waals surface area contributed by atoms with E-state index in [0.29, 0.717) is 0 Å². The number of carbonyl (C=O) groups excluding carboxylic acids is 1. The Morgan fingerprint density at radius 1 is 1.43 bits per heavy atom. The molecule has 0 radical (unpaired) electrons. The summed E-state index contributed by atoms with van der Waals surface area (Å²) in [6.45, 7) is 4.69. The summed E-state index contributed by atoms with van der Waals surface area (Å²) in [5, 5.41) is 0. The molecule has 126 valence electrons. The van der Waals surface area contributed by atoms with E-state index in [4.69, 9.17) is 0 Å². The minimum absolute atomic E-state index is 0.0210. The average molecular weight is 365 g/mol. The van der Waals surface area contributed by atoms with Crippen molar-refractivity contribution in [3.05, 3.63) is 34.0 Å². The Morgan fingerprint density at radius 3 is 2.57 bits per heavy atom. The molecule has 0 aliphatic carbocycles. The van der Waals surface area contributed by atoms with Crippen LogP contribution in [0.1, 0.15) is 21.5 Å². The van der Waals surface area contributed by atoms with Crippen LogP contribution < -0.4 is 0 Å². The van der Waals surface area contributed by atoms with Crippen molar-refractivity contribution in [2.24, 2.45) is 0 Å². The highest BCUT2D eigenvalue weighted by Crippen LogP contribution is 2.40. The van der Waals surface area contributed by atoms with Crippen LogP contribution in [-0.2, 0) is 9.84 Å². The van der Waals surface area contributed by atoms with Crippen molar-refractivity contribution < 1.29 is 26.4 Å². The zero-order valence-corrected chi connectivity index (χ0v) is 14.0.